The third-order valence-corrected chi connectivity index (χ3v) is 2.86. The minimum atomic E-state index is -0.274. The number of methoxy groups -OCH3 is 1. The summed E-state index contributed by atoms with van der Waals surface area (Å²) in [4.78, 5) is 13.6. The van der Waals surface area contributed by atoms with Gasteiger partial charge in [-0.2, -0.15) is 0 Å². The number of rotatable bonds is 3. The minimum Gasteiger partial charge on any atom is -0.508 e. The van der Waals surface area contributed by atoms with Crippen molar-refractivity contribution in [2.75, 3.05) is 24.4 Å². The molecule has 0 aliphatic heterocycles. The third kappa shape index (κ3) is 3.20. The number of nitrogens with zero attached hydrogens (tertiary/aromatic N) is 1. The van der Waals surface area contributed by atoms with E-state index in [1.54, 1.807) is 50.6 Å². The zero-order chi connectivity index (χ0) is 14.5. The number of hydrogen-bond acceptors (Lipinski definition) is 3. The number of hydrogen-bond donors (Lipinski definition) is 2. The van der Waals surface area contributed by atoms with E-state index in [9.17, 15) is 9.90 Å². The van der Waals surface area contributed by atoms with E-state index in [2.05, 4.69) is 5.32 Å². The van der Waals surface area contributed by atoms with Crippen LogP contribution >= 0.6 is 0 Å². The lowest BCUT2D eigenvalue weighted by Crippen LogP contribution is -2.31. The quantitative estimate of drug-likeness (QED) is 0.902. The van der Waals surface area contributed by atoms with Crippen LogP contribution in [0.4, 0.5) is 16.2 Å². The molecule has 20 heavy (non-hydrogen) atoms. The first-order valence-corrected chi connectivity index (χ1v) is 6.08. The summed E-state index contributed by atoms with van der Waals surface area (Å²) in [6.07, 6.45) is 0. The van der Waals surface area contributed by atoms with Crippen molar-refractivity contribution in [1.82, 2.24) is 0 Å². The van der Waals surface area contributed by atoms with Crippen LogP contribution in [-0.4, -0.2) is 25.3 Å². The summed E-state index contributed by atoms with van der Waals surface area (Å²) in [6, 6.07) is 13.3. The van der Waals surface area contributed by atoms with Crippen molar-refractivity contribution >= 4 is 17.4 Å². The van der Waals surface area contributed by atoms with E-state index in [1.807, 2.05) is 0 Å². The first-order chi connectivity index (χ1) is 9.60. The Balaban J connectivity index is 2.09. The van der Waals surface area contributed by atoms with Gasteiger partial charge in [0.2, 0.25) is 0 Å². The molecule has 2 N–H and O–H groups in total. The largest absolute Gasteiger partial charge is 0.508 e. The maximum Gasteiger partial charge on any atom is 0.326 e. The Labute approximate surface area is 117 Å². The molecule has 5 nitrogen and oxygen atoms in total. The Bertz CT molecular complexity index is 596. The normalized spacial score (nSPS) is 9.90. The number of nitrogens with one attached hydrogen (secondary N) is 1. The molecule has 2 aromatic rings. The molecule has 0 radical (unpaired) electrons. The van der Waals surface area contributed by atoms with Crippen LogP contribution in [0.3, 0.4) is 0 Å². The van der Waals surface area contributed by atoms with Crippen LogP contribution in [0, 0.1) is 0 Å². The van der Waals surface area contributed by atoms with E-state index in [1.165, 1.54) is 17.0 Å². The molecule has 0 unspecified atom stereocenters. The lowest BCUT2D eigenvalue weighted by molar-refractivity contribution is 0.258. The van der Waals surface area contributed by atoms with Crippen molar-refractivity contribution in [2.24, 2.45) is 0 Å². The molecule has 104 valence electrons. The van der Waals surface area contributed by atoms with E-state index < -0.39 is 0 Å². The molecule has 0 saturated carbocycles. The summed E-state index contributed by atoms with van der Waals surface area (Å²) in [7, 11) is 3.23. The highest BCUT2D eigenvalue weighted by atomic mass is 16.5. The molecule has 2 amide bonds. The van der Waals surface area contributed by atoms with Gasteiger partial charge in [0.05, 0.1) is 7.11 Å². The number of urea groups is 1. The second kappa shape index (κ2) is 5.97. The highest BCUT2D eigenvalue weighted by molar-refractivity contribution is 6.01. The fourth-order valence-electron chi connectivity index (χ4n) is 1.70. The van der Waals surface area contributed by atoms with Crippen LogP contribution in [0.1, 0.15) is 0 Å². The zero-order valence-electron chi connectivity index (χ0n) is 11.3. The van der Waals surface area contributed by atoms with Gasteiger partial charge in [0.25, 0.3) is 0 Å². The van der Waals surface area contributed by atoms with Crippen LogP contribution < -0.4 is 15.0 Å². The van der Waals surface area contributed by atoms with E-state index in [4.69, 9.17) is 4.74 Å². The van der Waals surface area contributed by atoms with Crippen molar-refractivity contribution in [3.8, 4) is 11.5 Å². The molecular weight excluding hydrogens is 256 g/mol. The van der Waals surface area contributed by atoms with Gasteiger partial charge in [-0.1, -0.05) is 6.07 Å². The number of amides is 2. The Morgan fingerprint density at radius 1 is 1.20 bits per heavy atom. The number of phenolic OH excluding ortho intramolecular Hbond substituents is 1. The van der Waals surface area contributed by atoms with E-state index in [-0.39, 0.29) is 11.8 Å². The number of phenols is 1. The van der Waals surface area contributed by atoms with Gasteiger partial charge in [-0.25, -0.2) is 4.79 Å². The summed E-state index contributed by atoms with van der Waals surface area (Å²) in [6.45, 7) is 0. The van der Waals surface area contributed by atoms with E-state index in [0.29, 0.717) is 17.1 Å². The fraction of sp³-hybridized carbons (Fsp3) is 0.133. The van der Waals surface area contributed by atoms with Gasteiger partial charge in [0, 0.05) is 24.5 Å². The number of anilines is 2. The van der Waals surface area contributed by atoms with Crippen molar-refractivity contribution in [1.29, 1.82) is 0 Å². The van der Waals surface area contributed by atoms with Gasteiger partial charge in [0.1, 0.15) is 11.5 Å². The Kier molecular flexibility index (Phi) is 4.10. The maximum absolute atomic E-state index is 12.1. The Hall–Kier alpha value is -2.69. The van der Waals surface area contributed by atoms with Crippen LogP contribution in [0.15, 0.2) is 48.5 Å². The average Bonchev–Trinajstić information content (AvgIpc) is 2.47. The predicted molar refractivity (Wildman–Crippen MR) is 78.5 cm³/mol. The molecule has 2 rings (SSSR count). The number of benzene rings is 2. The molecule has 0 aliphatic carbocycles. The van der Waals surface area contributed by atoms with Crippen LogP contribution in [0.25, 0.3) is 0 Å². The second-order valence-electron chi connectivity index (χ2n) is 4.24. The lowest BCUT2D eigenvalue weighted by Gasteiger charge is -2.18. The SMILES string of the molecule is COc1cccc(NC(=O)N(C)c2ccc(O)cc2)c1. The van der Waals surface area contributed by atoms with Gasteiger partial charge >= 0.3 is 6.03 Å². The highest BCUT2D eigenvalue weighted by Gasteiger charge is 2.11. The zero-order valence-corrected chi connectivity index (χ0v) is 11.3. The molecule has 0 fully saturated rings. The summed E-state index contributed by atoms with van der Waals surface area (Å²) < 4.78 is 5.10. The van der Waals surface area contributed by atoms with E-state index >= 15 is 0 Å². The van der Waals surface area contributed by atoms with Crippen LogP contribution in [0.2, 0.25) is 0 Å². The fourth-order valence-corrected chi connectivity index (χ4v) is 1.70. The van der Waals surface area contributed by atoms with Gasteiger partial charge in [-0.05, 0) is 36.4 Å². The predicted octanol–water partition coefficient (Wildman–Crippen LogP) is 3.07. The van der Waals surface area contributed by atoms with Crippen LogP contribution in [0.5, 0.6) is 11.5 Å². The molecule has 0 aliphatic rings. The number of ether oxygens (including phenoxy) is 1. The summed E-state index contributed by atoms with van der Waals surface area (Å²) in [5, 5.41) is 12.0. The smallest absolute Gasteiger partial charge is 0.326 e. The van der Waals surface area contributed by atoms with Crippen molar-refractivity contribution in [3.05, 3.63) is 48.5 Å². The average molecular weight is 272 g/mol. The molecular formula is C15H16N2O3. The summed E-state index contributed by atoms with van der Waals surface area (Å²) in [5.41, 5.74) is 1.34. The van der Waals surface area contributed by atoms with Crippen molar-refractivity contribution < 1.29 is 14.6 Å². The first-order valence-electron chi connectivity index (χ1n) is 6.08. The Morgan fingerprint density at radius 2 is 1.90 bits per heavy atom. The third-order valence-electron chi connectivity index (χ3n) is 2.86. The lowest BCUT2D eigenvalue weighted by atomic mass is 10.3. The Morgan fingerprint density at radius 3 is 2.55 bits per heavy atom. The standard InChI is InChI=1S/C15H16N2O3/c1-17(12-6-8-13(18)9-7-12)15(19)16-11-4-3-5-14(10-11)20-2/h3-10,18H,1-2H3,(H,16,19). The summed E-state index contributed by atoms with van der Waals surface area (Å²) in [5.74, 6) is 0.838. The number of carbonyl (C=O) groups is 1. The molecule has 0 spiro atoms. The second-order valence-corrected chi connectivity index (χ2v) is 4.24. The van der Waals surface area contributed by atoms with Crippen molar-refractivity contribution in [3.63, 3.8) is 0 Å². The molecule has 0 saturated heterocycles. The molecule has 0 bridgehead atoms. The van der Waals surface area contributed by atoms with E-state index in [0.717, 1.165) is 0 Å². The van der Waals surface area contributed by atoms with Gasteiger partial charge in [-0.15, -0.1) is 0 Å². The molecule has 0 heterocycles. The molecule has 0 atom stereocenters. The maximum atomic E-state index is 12.1. The molecule has 2 aromatic carbocycles. The van der Waals surface area contributed by atoms with Gasteiger partial charge < -0.3 is 15.2 Å². The summed E-state index contributed by atoms with van der Waals surface area (Å²) >= 11 is 0. The first kappa shape index (κ1) is 13.7. The molecule has 0 aromatic heterocycles. The van der Waals surface area contributed by atoms with Gasteiger partial charge in [0.15, 0.2) is 0 Å². The van der Waals surface area contributed by atoms with Crippen molar-refractivity contribution in [2.45, 2.75) is 0 Å². The number of carbonyl (C=O) groups excluding carboxylic acids is 1. The molecule has 5 heteroatoms. The number of aromatic hydroxyl groups is 1. The minimum absolute atomic E-state index is 0.162. The van der Waals surface area contributed by atoms with Gasteiger partial charge in [-0.3, -0.25) is 4.90 Å². The monoisotopic (exact) mass is 272 g/mol. The van der Waals surface area contributed by atoms with Crippen LogP contribution in [-0.2, 0) is 0 Å². The highest BCUT2D eigenvalue weighted by Crippen LogP contribution is 2.20. The topological polar surface area (TPSA) is 61.8 Å².